The Morgan fingerprint density at radius 3 is 2.88 bits per heavy atom. The van der Waals surface area contributed by atoms with Crippen molar-refractivity contribution in [3.63, 3.8) is 0 Å². The first-order valence-electron chi connectivity index (χ1n) is 6.24. The second-order valence-electron chi connectivity index (χ2n) is 4.57. The minimum atomic E-state index is 0.214. The number of aromatic nitrogens is 2. The molecule has 1 aromatic rings. The summed E-state index contributed by atoms with van der Waals surface area (Å²) in [4.78, 5) is 13.8. The van der Waals surface area contributed by atoms with E-state index in [1.807, 2.05) is 11.8 Å². The number of hydrogen-bond donors (Lipinski definition) is 2. The number of likely N-dealkylation sites (tertiary alicyclic amines) is 1. The van der Waals surface area contributed by atoms with Gasteiger partial charge in [0.05, 0.1) is 12.7 Å². The molecule has 1 aliphatic rings. The largest absolute Gasteiger partial charge is 0.342 e. The summed E-state index contributed by atoms with van der Waals surface area (Å²) in [5.74, 6) is 0.214. The summed E-state index contributed by atoms with van der Waals surface area (Å²) in [7, 11) is 0. The summed E-state index contributed by atoms with van der Waals surface area (Å²) >= 11 is 0. The number of aromatic amines is 1. The molecule has 5 heteroatoms. The average Bonchev–Trinajstić information content (AvgIpc) is 2.76. The molecule has 0 atom stereocenters. The zero-order valence-electron chi connectivity index (χ0n) is 10.3. The van der Waals surface area contributed by atoms with E-state index in [1.165, 1.54) is 6.42 Å². The van der Waals surface area contributed by atoms with Crippen LogP contribution in [0.5, 0.6) is 0 Å². The fourth-order valence-electron chi connectivity index (χ4n) is 2.11. The van der Waals surface area contributed by atoms with Gasteiger partial charge in [-0.05, 0) is 26.2 Å². The fraction of sp³-hybridized carbons (Fsp3) is 0.667. The molecule has 2 rings (SSSR count). The van der Waals surface area contributed by atoms with Gasteiger partial charge in [-0.3, -0.25) is 9.89 Å². The van der Waals surface area contributed by atoms with Crippen LogP contribution in [-0.2, 0) is 11.3 Å². The van der Waals surface area contributed by atoms with Gasteiger partial charge in [0.15, 0.2) is 0 Å². The number of carbonyl (C=O) groups is 1. The Morgan fingerprint density at radius 2 is 2.24 bits per heavy atom. The van der Waals surface area contributed by atoms with Gasteiger partial charge in [-0.2, -0.15) is 5.10 Å². The van der Waals surface area contributed by atoms with Crippen LogP contribution in [0.25, 0.3) is 0 Å². The van der Waals surface area contributed by atoms with Crippen molar-refractivity contribution in [3.8, 4) is 0 Å². The topological polar surface area (TPSA) is 61.0 Å². The van der Waals surface area contributed by atoms with Gasteiger partial charge < -0.3 is 10.2 Å². The first-order valence-corrected chi connectivity index (χ1v) is 6.24. The smallest absolute Gasteiger partial charge is 0.236 e. The summed E-state index contributed by atoms with van der Waals surface area (Å²) in [5.41, 5.74) is 2.18. The van der Waals surface area contributed by atoms with Gasteiger partial charge in [0.1, 0.15) is 0 Å². The molecule has 1 amide bonds. The number of H-pyrrole nitrogens is 1. The van der Waals surface area contributed by atoms with Gasteiger partial charge in [-0.1, -0.05) is 0 Å². The van der Waals surface area contributed by atoms with Crippen molar-refractivity contribution < 1.29 is 4.79 Å². The first-order chi connectivity index (χ1) is 8.27. The molecular formula is C12H20N4O. The van der Waals surface area contributed by atoms with Crippen molar-refractivity contribution in [2.45, 2.75) is 32.7 Å². The third kappa shape index (κ3) is 3.30. The third-order valence-electron chi connectivity index (χ3n) is 3.23. The molecular weight excluding hydrogens is 216 g/mol. The van der Waals surface area contributed by atoms with Crippen molar-refractivity contribution in [3.05, 3.63) is 17.5 Å². The molecule has 0 aromatic carbocycles. The van der Waals surface area contributed by atoms with E-state index in [4.69, 9.17) is 0 Å². The Kier molecular flexibility index (Phi) is 4.14. The quantitative estimate of drug-likeness (QED) is 0.813. The lowest BCUT2D eigenvalue weighted by molar-refractivity contribution is -0.131. The van der Waals surface area contributed by atoms with Crippen LogP contribution in [0, 0.1) is 6.92 Å². The monoisotopic (exact) mass is 236 g/mol. The van der Waals surface area contributed by atoms with E-state index in [0.717, 1.165) is 37.2 Å². The number of amides is 1. The third-order valence-corrected chi connectivity index (χ3v) is 3.23. The summed E-state index contributed by atoms with van der Waals surface area (Å²) < 4.78 is 0. The predicted octanol–water partition coefficient (Wildman–Crippen LogP) is 0.820. The molecule has 0 aliphatic carbocycles. The number of piperidine rings is 1. The summed E-state index contributed by atoms with van der Waals surface area (Å²) in [5, 5.41) is 10.0. The lowest BCUT2D eigenvalue weighted by Crippen LogP contribution is -2.40. The SMILES string of the molecule is Cc1[nH]ncc1CNCC(=O)N1CCCCC1. The zero-order chi connectivity index (χ0) is 12.1. The van der Waals surface area contributed by atoms with Crippen molar-refractivity contribution in [2.24, 2.45) is 0 Å². The molecule has 0 unspecified atom stereocenters. The normalized spacial score (nSPS) is 16.2. The minimum absolute atomic E-state index is 0.214. The van der Waals surface area contributed by atoms with Crippen molar-refractivity contribution in [1.82, 2.24) is 20.4 Å². The van der Waals surface area contributed by atoms with Crippen LogP contribution in [0.15, 0.2) is 6.20 Å². The molecule has 17 heavy (non-hydrogen) atoms. The highest BCUT2D eigenvalue weighted by Gasteiger charge is 2.15. The Balaban J connectivity index is 1.71. The number of aryl methyl sites for hydroxylation is 1. The average molecular weight is 236 g/mol. The maximum Gasteiger partial charge on any atom is 0.236 e. The molecule has 1 aliphatic heterocycles. The van der Waals surface area contributed by atoms with E-state index in [-0.39, 0.29) is 5.91 Å². The summed E-state index contributed by atoms with van der Waals surface area (Å²) in [6.45, 7) is 4.94. The van der Waals surface area contributed by atoms with Crippen molar-refractivity contribution in [2.75, 3.05) is 19.6 Å². The second-order valence-corrected chi connectivity index (χ2v) is 4.57. The zero-order valence-corrected chi connectivity index (χ0v) is 10.3. The van der Waals surface area contributed by atoms with Gasteiger partial charge in [-0.15, -0.1) is 0 Å². The second kappa shape index (κ2) is 5.82. The van der Waals surface area contributed by atoms with Crippen LogP contribution in [-0.4, -0.2) is 40.6 Å². The van der Waals surface area contributed by atoms with Gasteiger partial charge in [0.25, 0.3) is 0 Å². The maximum absolute atomic E-state index is 11.9. The molecule has 2 N–H and O–H groups in total. The van der Waals surface area contributed by atoms with Crippen LogP contribution in [0.1, 0.15) is 30.5 Å². The fourth-order valence-corrected chi connectivity index (χ4v) is 2.11. The number of nitrogens with one attached hydrogen (secondary N) is 2. The molecule has 1 aromatic heterocycles. The Bertz CT molecular complexity index is 368. The van der Waals surface area contributed by atoms with Crippen molar-refractivity contribution >= 4 is 5.91 Å². The van der Waals surface area contributed by atoms with Crippen LogP contribution in [0.2, 0.25) is 0 Å². The highest BCUT2D eigenvalue weighted by Crippen LogP contribution is 2.08. The standard InChI is InChI=1S/C12H20N4O/c1-10-11(8-14-15-10)7-13-9-12(17)16-5-3-2-4-6-16/h8,13H,2-7,9H2,1H3,(H,14,15). The highest BCUT2D eigenvalue weighted by atomic mass is 16.2. The molecule has 0 spiro atoms. The van der Waals surface area contributed by atoms with E-state index < -0.39 is 0 Å². The van der Waals surface area contributed by atoms with E-state index in [1.54, 1.807) is 6.20 Å². The molecule has 94 valence electrons. The van der Waals surface area contributed by atoms with Gasteiger partial charge in [-0.25, -0.2) is 0 Å². The van der Waals surface area contributed by atoms with E-state index in [0.29, 0.717) is 13.1 Å². The number of hydrogen-bond acceptors (Lipinski definition) is 3. The molecule has 1 saturated heterocycles. The molecule has 0 bridgehead atoms. The number of carbonyl (C=O) groups excluding carboxylic acids is 1. The van der Waals surface area contributed by atoms with Crippen LogP contribution < -0.4 is 5.32 Å². The summed E-state index contributed by atoms with van der Waals surface area (Å²) in [6, 6.07) is 0. The van der Waals surface area contributed by atoms with Gasteiger partial charge >= 0.3 is 0 Å². The van der Waals surface area contributed by atoms with Crippen molar-refractivity contribution in [1.29, 1.82) is 0 Å². The molecule has 5 nitrogen and oxygen atoms in total. The lowest BCUT2D eigenvalue weighted by atomic mass is 10.1. The lowest BCUT2D eigenvalue weighted by Gasteiger charge is -2.26. The first kappa shape index (κ1) is 12.1. The van der Waals surface area contributed by atoms with Crippen LogP contribution >= 0.6 is 0 Å². The molecule has 2 heterocycles. The highest BCUT2D eigenvalue weighted by molar-refractivity contribution is 5.78. The number of nitrogens with zero attached hydrogens (tertiary/aromatic N) is 2. The maximum atomic E-state index is 11.9. The summed E-state index contributed by atoms with van der Waals surface area (Å²) in [6.07, 6.45) is 5.35. The van der Waals surface area contributed by atoms with Crippen LogP contribution in [0.3, 0.4) is 0 Å². The van der Waals surface area contributed by atoms with Gasteiger partial charge in [0.2, 0.25) is 5.91 Å². The van der Waals surface area contributed by atoms with E-state index in [9.17, 15) is 4.79 Å². The molecule has 1 fully saturated rings. The minimum Gasteiger partial charge on any atom is -0.342 e. The predicted molar refractivity (Wildman–Crippen MR) is 65.5 cm³/mol. The molecule has 0 radical (unpaired) electrons. The molecule has 0 saturated carbocycles. The van der Waals surface area contributed by atoms with Gasteiger partial charge in [0, 0.05) is 30.9 Å². The Morgan fingerprint density at radius 1 is 1.47 bits per heavy atom. The van der Waals surface area contributed by atoms with E-state index in [2.05, 4.69) is 15.5 Å². The number of rotatable bonds is 4. The Labute approximate surface area is 102 Å². The Hall–Kier alpha value is -1.36. The van der Waals surface area contributed by atoms with Crippen LogP contribution in [0.4, 0.5) is 0 Å². The van der Waals surface area contributed by atoms with E-state index >= 15 is 0 Å².